The van der Waals surface area contributed by atoms with Gasteiger partial charge in [0.1, 0.15) is 5.67 Å². The van der Waals surface area contributed by atoms with E-state index in [0.29, 0.717) is 12.8 Å². The Morgan fingerprint density at radius 1 is 1.50 bits per heavy atom. The molecule has 1 heterocycles. The van der Waals surface area contributed by atoms with Crippen LogP contribution in [0.15, 0.2) is 0 Å². The first kappa shape index (κ1) is 9.92. The van der Waals surface area contributed by atoms with Gasteiger partial charge in [-0.15, -0.1) is 0 Å². The maximum absolute atomic E-state index is 13.6. The lowest BCUT2D eigenvalue weighted by atomic mass is 9.98. The molecule has 1 aliphatic rings. The molecule has 1 unspecified atom stereocenters. The lowest BCUT2D eigenvalue weighted by molar-refractivity contribution is 0.161. The SMILES string of the molecule is NCCC1(F)CCCS(=O)(=O)C1. The maximum Gasteiger partial charge on any atom is 0.153 e. The van der Waals surface area contributed by atoms with Crippen LogP contribution in [0.1, 0.15) is 19.3 Å². The molecule has 0 aromatic carbocycles. The average Bonchev–Trinajstić information content (AvgIpc) is 1.83. The Labute approximate surface area is 72.1 Å². The monoisotopic (exact) mass is 195 g/mol. The number of sulfone groups is 1. The lowest BCUT2D eigenvalue weighted by Gasteiger charge is -2.28. The van der Waals surface area contributed by atoms with E-state index in [2.05, 4.69) is 0 Å². The van der Waals surface area contributed by atoms with Crippen molar-refractivity contribution in [2.75, 3.05) is 18.1 Å². The molecule has 1 atom stereocenters. The molecule has 0 amide bonds. The summed E-state index contributed by atoms with van der Waals surface area (Å²) in [6, 6.07) is 0. The van der Waals surface area contributed by atoms with Gasteiger partial charge in [0, 0.05) is 0 Å². The second-order valence-electron chi connectivity index (χ2n) is 3.39. The number of nitrogens with two attached hydrogens (primary N) is 1. The topological polar surface area (TPSA) is 60.2 Å². The first-order chi connectivity index (χ1) is 5.47. The van der Waals surface area contributed by atoms with Crippen molar-refractivity contribution in [1.29, 1.82) is 0 Å². The van der Waals surface area contributed by atoms with Crippen LogP contribution >= 0.6 is 0 Å². The zero-order valence-corrected chi connectivity index (χ0v) is 7.74. The Morgan fingerprint density at radius 3 is 2.67 bits per heavy atom. The van der Waals surface area contributed by atoms with Crippen molar-refractivity contribution in [3.63, 3.8) is 0 Å². The van der Waals surface area contributed by atoms with Crippen LogP contribution in [0.2, 0.25) is 0 Å². The van der Waals surface area contributed by atoms with Crippen LogP contribution in [0.4, 0.5) is 4.39 Å². The average molecular weight is 195 g/mol. The molecule has 5 heteroatoms. The van der Waals surface area contributed by atoms with E-state index in [1.807, 2.05) is 0 Å². The summed E-state index contributed by atoms with van der Waals surface area (Å²) in [5.74, 6) is -0.208. The van der Waals surface area contributed by atoms with Gasteiger partial charge in [0.25, 0.3) is 0 Å². The third-order valence-corrected chi connectivity index (χ3v) is 4.02. The van der Waals surface area contributed by atoms with Gasteiger partial charge in [0.05, 0.1) is 11.5 Å². The number of hydrogen-bond acceptors (Lipinski definition) is 3. The van der Waals surface area contributed by atoms with Crippen molar-refractivity contribution in [2.24, 2.45) is 5.73 Å². The van der Waals surface area contributed by atoms with E-state index in [-0.39, 0.29) is 24.5 Å². The highest BCUT2D eigenvalue weighted by atomic mass is 32.2. The van der Waals surface area contributed by atoms with Crippen molar-refractivity contribution in [3.8, 4) is 0 Å². The van der Waals surface area contributed by atoms with E-state index in [4.69, 9.17) is 5.73 Å². The molecule has 0 aromatic heterocycles. The molecule has 0 aromatic rings. The molecule has 0 aliphatic carbocycles. The Hall–Kier alpha value is -0.160. The quantitative estimate of drug-likeness (QED) is 0.687. The van der Waals surface area contributed by atoms with E-state index < -0.39 is 15.5 Å². The van der Waals surface area contributed by atoms with Crippen LogP contribution in [-0.4, -0.2) is 32.1 Å². The summed E-state index contributed by atoms with van der Waals surface area (Å²) in [5.41, 5.74) is 3.65. The fourth-order valence-corrected chi connectivity index (χ4v) is 3.41. The Morgan fingerprint density at radius 2 is 2.17 bits per heavy atom. The minimum absolute atomic E-state index is 0.128. The summed E-state index contributed by atoms with van der Waals surface area (Å²) < 4.78 is 35.7. The minimum Gasteiger partial charge on any atom is -0.330 e. The highest BCUT2D eigenvalue weighted by Crippen LogP contribution is 2.29. The highest BCUT2D eigenvalue weighted by molar-refractivity contribution is 7.91. The largest absolute Gasteiger partial charge is 0.330 e. The first-order valence-corrected chi connectivity index (χ1v) is 5.89. The molecular formula is C7H14FNO2S. The van der Waals surface area contributed by atoms with Crippen molar-refractivity contribution < 1.29 is 12.8 Å². The lowest BCUT2D eigenvalue weighted by Crippen LogP contribution is -2.40. The summed E-state index contributed by atoms with van der Waals surface area (Å²) in [6.45, 7) is 0.214. The van der Waals surface area contributed by atoms with Crippen LogP contribution in [0.25, 0.3) is 0 Å². The molecule has 1 aliphatic heterocycles. The van der Waals surface area contributed by atoms with E-state index in [0.717, 1.165) is 0 Å². The molecule has 0 saturated carbocycles. The first-order valence-electron chi connectivity index (χ1n) is 4.07. The fraction of sp³-hybridized carbons (Fsp3) is 1.00. The van der Waals surface area contributed by atoms with Gasteiger partial charge in [-0.2, -0.15) is 0 Å². The van der Waals surface area contributed by atoms with Gasteiger partial charge in [0.15, 0.2) is 9.84 Å². The molecule has 0 bridgehead atoms. The van der Waals surface area contributed by atoms with Crippen LogP contribution < -0.4 is 5.73 Å². The van der Waals surface area contributed by atoms with Gasteiger partial charge in [0.2, 0.25) is 0 Å². The zero-order chi connectivity index (χ0) is 9.24. The van der Waals surface area contributed by atoms with Crippen molar-refractivity contribution in [2.45, 2.75) is 24.9 Å². The highest BCUT2D eigenvalue weighted by Gasteiger charge is 2.38. The van der Waals surface area contributed by atoms with Gasteiger partial charge < -0.3 is 5.73 Å². The predicted molar refractivity (Wildman–Crippen MR) is 45.4 cm³/mol. The predicted octanol–water partition coefficient (Wildman–Crippen LogP) is 0.252. The van der Waals surface area contributed by atoms with Crippen LogP contribution in [0.3, 0.4) is 0 Å². The normalized spacial score (nSPS) is 34.8. The third kappa shape index (κ3) is 2.42. The third-order valence-electron chi connectivity index (χ3n) is 2.15. The molecule has 72 valence electrons. The summed E-state index contributed by atoms with van der Waals surface area (Å²) in [7, 11) is -3.14. The minimum atomic E-state index is -3.14. The number of hydrogen-bond donors (Lipinski definition) is 1. The number of rotatable bonds is 2. The fourth-order valence-electron chi connectivity index (χ4n) is 1.60. The van der Waals surface area contributed by atoms with Gasteiger partial charge >= 0.3 is 0 Å². The van der Waals surface area contributed by atoms with Crippen molar-refractivity contribution in [1.82, 2.24) is 0 Å². The molecule has 2 N–H and O–H groups in total. The van der Waals surface area contributed by atoms with Crippen molar-refractivity contribution in [3.05, 3.63) is 0 Å². The zero-order valence-electron chi connectivity index (χ0n) is 6.92. The Bertz CT molecular complexity index is 248. The molecule has 1 rings (SSSR count). The molecule has 1 saturated heterocycles. The second-order valence-corrected chi connectivity index (χ2v) is 5.57. The van der Waals surface area contributed by atoms with Gasteiger partial charge in [-0.05, 0) is 25.8 Å². The van der Waals surface area contributed by atoms with Crippen LogP contribution in [-0.2, 0) is 9.84 Å². The summed E-state index contributed by atoms with van der Waals surface area (Å²) in [6.07, 6.45) is 0.925. The number of halogens is 1. The standard InChI is InChI=1S/C7H14FNO2S/c8-7(3-4-9)2-1-5-12(10,11)6-7/h1-6,9H2. The summed E-state index contributed by atoms with van der Waals surface area (Å²) >= 11 is 0. The van der Waals surface area contributed by atoms with Crippen molar-refractivity contribution >= 4 is 9.84 Å². The van der Waals surface area contributed by atoms with E-state index in [9.17, 15) is 12.8 Å². The van der Waals surface area contributed by atoms with Crippen LogP contribution in [0.5, 0.6) is 0 Å². The Kier molecular flexibility index (Phi) is 2.73. The molecule has 0 radical (unpaired) electrons. The molecule has 1 fully saturated rings. The molecular weight excluding hydrogens is 181 g/mol. The van der Waals surface area contributed by atoms with Gasteiger partial charge in [-0.1, -0.05) is 0 Å². The smallest absolute Gasteiger partial charge is 0.153 e. The molecule has 12 heavy (non-hydrogen) atoms. The van der Waals surface area contributed by atoms with E-state index in [1.54, 1.807) is 0 Å². The van der Waals surface area contributed by atoms with E-state index in [1.165, 1.54) is 0 Å². The van der Waals surface area contributed by atoms with Gasteiger partial charge in [-0.25, -0.2) is 12.8 Å². The van der Waals surface area contributed by atoms with E-state index >= 15 is 0 Å². The number of alkyl halides is 1. The van der Waals surface area contributed by atoms with Crippen LogP contribution in [0, 0.1) is 0 Å². The molecule has 0 spiro atoms. The summed E-state index contributed by atoms with van der Waals surface area (Å²) in [5, 5.41) is 0. The Balaban J connectivity index is 2.68. The summed E-state index contributed by atoms with van der Waals surface area (Å²) in [4.78, 5) is 0. The van der Waals surface area contributed by atoms with Gasteiger partial charge in [-0.3, -0.25) is 0 Å². The molecule has 3 nitrogen and oxygen atoms in total. The maximum atomic E-state index is 13.6. The second kappa shape index (κ2) is 3.30.